The van der Waals surface area contributed by atoms with Crippen LogP contribution in [0, 0.1) is 11.6 Å². The second-order valence-corrected chi connectivity index (χ2v) is 3.72. The Balaban J connectivity index is 1.90. The molecule has 1 aromatic carbocycles. The molecule has 0 amide bonds. The molecule has 100 valence electrons. The van der Waals surface area contributed by atoms with Crippen molar-refractivity contribution in [1.82, 2.24) is 15.0 Å². The lowest BCUT2D eigenvalue weighted by Gasteiger charge is -2.07. The standard InChI is InChI=1S/C11H10F2N4O2/c12-7-1-2-9(8(13)5-7)14-3-4-17-6-10(11(18)19)15-16-17/h1-2,5-6,14H,3-4H2,(H,18,19). The molecule has 0 unspecified atom stereocenters. The molecule has 0 spiro atoms. The van der Waals surface area contributed by atoms with E-state index >= 15 is 0 Å². The number of anilines is 1. The number of nitrogens with zero attached hydrogens (tertiary/aromatic N) is 3. The van der Waals surface area contributed by atoms with Gasteiger partial charge < -0.3 is 10.4 Å². The summed E-state index contributed by atoms with van der Waals surface area (Å²) in [5.74, 6) is -2.50. The van der Waals surface area contributed by atoms with Gasteiger partial charge in [0.1, 0.15) is 11.6 Å². The zero-order valence-electron chi connectivity index (χ0n) is 9.68. The number of aromatic nitrogens is 3. The summed E-state index contributed by atoms with van der Waals surface area (Å²) in [6, 6.07) is 3.21. The summed E-state index contributed by atoms with van der Waals surface area (Å²) in [4.78, 5) is 10.6. The molecule has 0 atom stereocenters. The predicted octanol–water partition coefficient (Wildman–Crippen LogP) is 1.37. The zero-order valence-corrected chi connectivity index (χ0v) is 9.68. The molecular formula is C11H10F2N4O2. The molecule has 0 radical (unpaired) electrons. The second kappa shape index (κ2) is 5.42. The van der Waals surface area contributed by atoms with Crippen molar-refractivity contribution >= 4 is 11.7 Å². The highest BCUT2D eigenvalue weighted by atomic mass is 19.1. The molecule has 2 N–H and O–H groups in total. The maximum absolute atomic E-state index is 13.3. The highest BCUT2D eigenvalue weighted by Crippen LogP contribution is 2.14. The average Bonchev–Trinajstić information content (AvgIpc) is 2.81. The fraction of sp³-hybridized carbons (Fsp3) is 0.182. The highest BCUT2D eigenvalue weighted by Gasteiger charge is 2.08. The van der Waals surface area contributed by atoms with Crippen LogP contribution < -0.4 is 5.32 Å². The van der Waals surface area contributed by atoms with Crippen LogP contribution >= 0.6 is 0 Å². The predicted molar refractivity (Wildman–Crippen MR) is 61.8 cm³/mol. The van der Waals surface area contributed by atoms with Crippen LogP contribution in [0.3, 0.4) is 0 Å². The zero-order chi connectivity index (χ0) is 13.8. The van der Waals surface area contributed by atoms with Gasteiger partial charge in [0.15, 0.2) is 5.69 Å². The first-order valence-corrected chi connectivity index (χ1v) is 5.38. The van der Waals surface area contributed by atoms with Crippen LogP contribution in [0.15, 0.2) is 24.4 Å². The Morgan fingerprint density at radius 1 is 1.42 bits per heavy atom. The molecule has 6 nitrogen and oxygen atoms in total. The normalized spacial score (nSPS) is 10.4. The minimum absolute atomic E-state index is 0.159. The number of carboxylic acids is 1. The van der Waals surface area contributed by atoms with E-state index in [1.165, 1.54) is 16.9 Å². The van der Waals surface area contributed by atoms with Crippen LogP contribution in [0.2, 0.25) is 0 Å². The van der Waals surface area contributed by atoms with Gasteiger partial charge in [0, 0.05) is 12.6 Å². The lowest BCUT2D eigenvalue weighted by atomic mass is 10.3. The first kappa shape index (κ1) is 12.9. The Bertz CT molecular complexity index is 600. The first-order valence-electron chi connectivity index (χ1n) is 5.38. The fourth-order valence-electron chi connectivity index (χ4n) is 1.44. The third-order valence-electron chi connectivity index (χ3n) is 2.35. The number of aromatic carboxylic acids is 1. The maximum atomic E-state index is 13.3. The Kier molecular flexibility index (Phi) is 3.69. The summed E-state index contributed by atoms with van der Waals surface area (Å²) in [7, 11) is 0. The second-order valence-electron chi connectivity index (χ2n) is 3.72. The molecule has 0 saturated heterocycles. The molecule has 0 fully saturated rings. The van der Waals surface area contributed by atoms with E-state index in [0.29, 0.717) is 13.1 Å². The minimum atomic E-state index is -1.16. The van der Waals surface area contributed by atoms with Crippen molar-refractivity contribution in [1.29, 1.82) is 0 Å². The largest absolute Gasteiger partial charge is 0.476 e. The van der Waals surface area contributed by atoms with Crippen molar-refractivity contribution in [3.8, 4) is 0 Å². The lowest BCUT2D eigenvalue weighted by Crippen LogP contribution is -2.12. The molecule has 8 heteroatoms. The summed E-state index contributed by atoms with van der Waals surface area (Å²) < 4.78 is 27.3. The van der Waals surface area contributed by atoms with Gasteiger partial charge in [-0.05, 0) is 12.1 Å². The van der Waals surface area contributed by atoms with E-state index in [1.54, 1.807) is 0 Å². The van der Waals surface area contributed by atoms with Gasteiger partial charge in [-0.25, -0.2) is 18.3 Å². The molecule has 0 saturated carbocycles. The fourth-order valence-corrected chi connectivity index (χ4v) is 1.44. The molecule has 0 aliphatic carbocycles. The van der Waals surface area contributed by atoms with E-state index in [9.17, 15) is 13.6 Å². The third-order valence-corrected chi connectivity index (χ3v) is 2.35. The third kappa shape index (κ3) is 3.24. The van der Waals surface area contributed by atoms with Crippen LogP contribution in [0.1, 0.15) is 10.5 Å². The first-order chi connectivity index (χ1) is 9.06. The number of carboxylic acid groups (broad SMARTS) is 1. The lowest BCUT2D eigenvalue weighted by molar-refractivity contribution is 0.0690. The molecule has 0 aliphatic heterocycles. The molecule has 19 heavy (non-hydrogen) atoms. The molecule has 1 heterocycles. The number of hydrogen-bond acceptors (Lipinski definition) is 4. The Hall–Kier alpha value is -2.51. The van der Waals surface area contributed by atoms with Crippen LogP contribution in [-0.2, 0) is 6.54 Å². The van der Waals surface area contributed by atoms with Crippen LogP contribution in [0.4, 0.5) is 14.5 Å². The van der Waals surface area contributed by atoms with E-state index < -0.39 is 17.6 Å². The van der Waals surface area contributed by atoms with Crippen molar-refractivity contribution in [3.63, 3.8) is 0 Å². The van der Waals surface area contributed by atoms with E-state index in [2.05, 4.69) is 15.6 Å². The Morgan fingerprint density at radius 3 is 2.84 bits per heavy atom. The average molecular weight is 268 g/mol. The highest BCUT2D eigenvalue weighted by molar-refractivity contribution is 5.84. The van der Waals surface area contributed by atoms with Gasteiger partial charge in [0.05, 0.1) is 18.4 Å². The van der Waals surface area contributed by atoms with Gasteiger partial charge in [0.25, 0.3) is 0 Å². The minimum Gasteiger partial charge on any atom is -0.476 e. The SMILES string of the molecule is O=C(O)c1cn(CCNc2ccc(F)cc2F)nn1. The van der Waals surface area contributed by atoms with Gasteiger partial charge >= 0.3 is 5.97 Å². The summed E-state index contributed by atoms with van der Waals surface area (Å²) in [6.45, 7) is 0.599. The Morgan fingerprint density at radius 2 is 2.21 bits per heavy atom. The number of benzene rings is 1. The van der Waals surface area contributed by atoms with Gasteiger partial charge in [0.2, 0.25) is 0 Å². The molecule has 2 rings (SSSR count). The molecule has 0 aliphatic rings. The summed E-state index contributed by atoms with van der Waals surface area (Å²) in [5.41, 5.74) is 0.00735. The van der Waals surface area contributed by atoms with Gasteiger partial charge in [-0.3, -0.25) is 0 Å². The van der Waals surface area contributed by atoms with E-state index in [4.69, 9.17) is 5.11 Å². The summed E-state index contributed by atoms with van der Waals surface area (Å²) >= 11 is 0. The van der Waals surface area contributed by atoms with E-state index in [0.717, 1.165) is 12.1 Å². The van der Waals surface area contributed by atoms with Crippen LogP contribution in [-0.4, -0.2) is 32.6 Å². The molecule has 2 aromatic rings. The number of halogens is 2. The summed E-state index contributed by atoms with van der Waals surface area (Å²) in [6.07, 6.45) is 1.27. The summed E-state index contributed by atoms with van der Waals surface area (Å²) in [5, 5.41) is 18.4. The van der Waals surface area contributed by atoms with Crippen LogP contribution in [0.25, 0.3) is 0 Å². The van der Waals surface area contributed by atoms with Crippen molar-refractivity contribution < 1.29 is 18.7 Å². The van der Waals surface area contributed by atoms with Crippen molar-refractivity contribution in [2.24, 2.45) is 0 Å². The smallest absolute Gasteiger partial charge is 0.358 e. The van der Waals surface area contributed by atoms with Gasteiger partial charge in [-0.2, -0.15) is 0 Å². The number of hydrogen-bond donors (Lipinski definition) is 2. The quantitative estimate of drug-likeness (QED) is 0.856. The van der Waals surface area contributed by atoms with E-state index in [-0.39, 0.29) is 11.4 Å². The van der Waals surface area contributed by atoms with E-state index in [1.807, 2.05) is 0 Å². The van der Waals surface area contributed by atoms with Crippen LogP contribution in [0.5, 0.6) is 0 Å². The van der Waals surface area contributed by atoms with Gasteiger partial charge in [-0.1, -0.05) is 5.21 Å². The number of nitrogens with one attached hydrogen (secondary N) is 1. The molecule has 0 bridgehead atoms. The molecule has 1 aromatic heterocycles. The number of rotatable bonds is 5. The Labute approximate surface area is 106 Å². The van der Waals surface area contributed by atoms with Crippen molar-refractivity contribution in [2.45, 2.75) is 6.54 Å². The van der Waals surface area contributed by atoms with Gasteiger partial charge in [-0.15, -0.1) is 5.10 Å². The topological polar surface area (TPSA) is 80.0 Å². The number of carbonyl (C=O) groups is 1. The van der Waals surface area contributed by atoms with Crippen molar-refractivity contribution in [2.75, 3.05) is 11.9 Å². The monoisotopic (exact) mass is 268 g/mol. The van der Waals surface area contributed by atoms with Crippen molar-refractivity contribution in [3.05, 3.63) is 41.7 Å². The maximum Gasteiger partial charge on any atom is 0.358 e. The molecular weight excluding hydrogens is 258 g/mol.